The van der Waals surface area contributed by atoms with Crippen LogP contribution in [0.25, 0.3) is 0 Å². The number of nitrogens with one attached hydrogen (secondary N) is 1. The number of hydrogen-bond acceptors (Lipinski definition) is 5. The van der Waals surface area contributed by atoms with Crippen molar-refractivity contribution in [2.24, 2.45) is 0 Å². The summed E-state index contributed by atoms with van der Waals surface area (Å²) in [5.74, 6) is 1.36. The number of nitrogens with zero attached hydrogens (tertiary/aromatic N) is 1. The van der Waals surface area contributed by atoms with Crippen LogP contribution in [0.4, 0.5) is 5.69 Å². The van der Waals surface area contributed by atoms with E-state index in [4.69, 9.17) is 4.74 Å². The van der Waals surface area contributed by atoms with E-state index in [2.05, 4.69) is 5.32 Å². The van der Waals surface area contributed by atoms with Gasteiger partial charge in [0.1, 0.15) is 5.75 Å². The molecule has 1 atom stereocenters. The van der Waals surface area contributed by atoms with Crippen molar-refractivity contribution >= 4 is 33.4 Å². The molecule has 1 aromatic rings. The Balaban J connectivity index is 1.81. The maximum absolute atomic E-state index is 12.3. The van der Waals surface area contributed by atoms with Crippen LogP contribution in [0.15, 0.2) is 24.3 Å². The molecule has 0 aliphatic heterocycles. The van der Waals surface area contributed by atoms with Crippen LogP contribution in [-0.4, -0.2) is 51.3 Å². The Morgan fingerprint density at radius 1 is 1.30 bits per heavy atom. The molecule has 1 saturated carbocycles. The van der Waals surface area contributed by atoms with Crippen LogP contribution < -0.4 is 14.4 Å². The summed E-state index contributed by atoms with van der Waals surface area (Å²) in [5.41, 5.74) is 0.547. The molecular weight excluding hydrogens is 384 g/mol. The molecule has 1 amide bonds. The van der Waals surface area contributed by atoms with Crippen LogP contribution in [0.3, 0.4) is 0 Å². The van der Waals surface area contributed by atoms with Gasteiger partial charge in [-0.2, -0.15) is 11.8 Å². The molecule has 8 heteroatoms. The van der Waals surface area contributed by atoms with Crippen LogP contribution in [0.1, 0.15) is 39.0 Å². The Morgan fingerprint density at radius 2 is 1.93 bits per heavy atom. The highest BCUT2D eigenvalue weighted by Crippen LogP contribution is 2.28. The first kappa shape index (κ1) is 21.9. The predicted molar refractivity (Wildman–Crippen MR) is 112 cm³/mol. The van der Waals surface area contributed by atoms with E-state index in [1.165, 1.54) is 37.0 Å². The number of rotatable bonds is 10. The number of carbonyl (C=O) groups is 1. The number of carbonyl (C=O) groups excluding carboxylic acids is 1. The van der Waals surface area contributed by atoms with Gasteiger partial charge in [0.25, 0.3) is 5.91 Å². The smallest absolute Gasteiger partial charge is 0.261 e. The third-order valence-electron chi connectivity index (χ3n) is 4.70. The first-order chi connectivity index (χ1) is 12.8. The van der Waals surface area contributed by atoms with E-state index in [0.29, 0.717) is 24.4 Å². The Hall–Kier alpha value is -1.41. The van der Waals surface area contributed by atoms with Gasteiger partial charge in [0.15, 0.2) is 6.10 Å². The number of anilines is 1. The zero-order chi connectivity index (χ0) is 19.9. The maximum Gasteiger partial charge on any atom is 0.261 e. The fraction of sp³-hybridized carbons (Fsp3) is 0.632. The van der Waals surface area contributed by atoms with Crippen LogP contribution in [0.2, 0.25) is 0 Å². The number of hydrogen-bond donors (Lipinski definition) is 1. The predicted octanol–water partition coefficient (Wildman–Crippen LogP) is 3.03. The third-order valence-corrected chi connectivity index (χ3v) is 7.28. The molecule has 0 heterocycles. The van der Waals surface area contributed by atoms with Crippen molar-refractivity contribution in [3.63, 3.8) is 0 Å². The zero-order valence-electron chi connectivity index (χ0n) is 16.3. The Labute approximate surface area is 167 Å². The molecule has 1 aromatic carbocycles. The van der Waals surface area contributed by atoms with E-state index in [-0.39, 0.29) is 5.91 Å². The average Bonchev–Trinajstić information content (AvgIpc) is 3.15. The van der Waals surface area contributed by atoms with Crippen LogP contribution >= 0.6 is 11.8 Å². The largest absolute Gasteiger partial charge is 0.481 e. The minimum absolute atomic E-state index is 0.109. The molecule has 6 nitrogen and oxygen atoms in total. The Morgan fingerprint density at radius 3 is 2.48 bits per heavy atom. The average molecular weight is 415 g/mol. The lowest BCUT2D eigenvalue weighted by molar-refractivity contribution is -0.127. The topological polar surface area (TPSA) is 75.7 Å². The quantitative estimate of drug-likeness (QED) is 0.596. The van der Waals surface area contributed by atoms with Crippen molar-refractivity contribution < 1.29 is 17.9 Å². The monoisotopic (exact) mass is 414 g/mol. The van der Waals surface area contributed by atoms with Gasteiger partial charge in [0.05, 0.1) is 11.9 Å². The van der Waals surface area contributed by atoms with Gasteiger partial charge in [-0.3, -0.25) is 9.10 Å². The zero-order valence-corrected chi connectivity index (χ0v) is 17.9. The Bertz CT molecular complexity index is 701. The van der Waals surface area contributed by atoms with Gasteiger partial charge in [-0.25, -0.2) is 8.42 Å². The van der Waals surface area contributed by atoms with Gasteiger partial charge < -0.3 is 10.1 Å². The number of ether oxygens (including phenoxy) is 1. The second-order valence-electron chi connectivity index (χ2n) is 6.81. The van der Waals surface area contributed by atoms with Crippen LogP contribution in [0, 0.1) is 0 Å². The minimum atomic E-state index is -3.30. The first-order valence-electron chi connectivity index (χ1n) is 9.41. The fourth-order valence-electron chi connectivity index (χ4n) is 2.98. The molecule has 0 radical (unpaired) electrons. The van der Waals surface area contributed by atoms with Gasteiger partial charge >= 0.3 is 0 Å². The second-order valence-corrected chi connectivity index (χ2v) is 10.2. The summed E-state index contributed by atoms with van der Waals surface area (Å²) in [7, 11) is -1.81. The molecule has 1 aliphatic carbocycles. The van der Waals surface area contributed by atoms with E-state index in [0.717, 1.165) is 17.3 Å². The van der Waals surface area contributed by atoms with Crippen molar-refractivity contribution in [3.8, 4) is 5.75 Å². The SMILES string of the molecule is CC[C@H](Oc1ccc(N(C)S(C)(=O)=O)cc1)C(=O)NCCSC1CCCC1. The molecule has 1 aliphatic rings. The lowest BCUT2D eigenvalue weighted by atomic mass is 10.2. The summed E-state index contributed by atoms with van der Waals surface area (Å²) < 4.78 is 30.1. The van der Waals surface area contributed by atoms with Crippen LogP contribution in [-0.2, 0) is 14.8 Å². The molecule has 0 spiro atoms. The third kappa shape index (κ3) is 6.92. The van der Waals surface area contributed by atoms with Crippen molar-refractivity contribution in [3.05, 3.63) is 24.3 Å². The van der Waals surface area contributed by atoms with Gasteiger partial charge in [0, 0.05) is 24.6 Å². The Kier molecular flexibility index (Phi) is 8.28. The van der Waals surface area contributed by atoms with Crippen molar-refractivity contribution in [2.75, 3.05) is 29.9 Å². The molecule has 152 valence electrons. The molecule has 1 N–H and O–H groups in total. The molecule has 2 rings (SSSR count). The lowest BCUT2D eigenvalue weighted by Gasteiger charge is -2.19. The summed E-state index contributed by atoms with van der Waals surface area (Å²) >= 11 is 1.95. The second kappa shape index (κ2) is 10.2. The minimum Gasteiger partial charge on any atom is -0.481 e. The summed E-state index contributed by atoms with van der Waals surface area (Å²) in [6.07, 6.45) is 6.41. The summed E-state index contributed by atoms with van der Waals surface area (Å²) in [5, 5.41) is 3.71. The summed E-state index contributed by atoms with van der Waals surface area (Å²) in [6, 6.07) is 6.70. The molecule has 0 aromatic heterocycles. The van der Waals surface area contributed by atoms with Gasteiger partial charge in [0.2, 0.25) is 10.0 Å². The molecule has 27 heavy (non-hydrogen) atoms. The first-order valence-corrected chi connectivity index (χ1v) is 12.3. The molecule has 1 fully saturated rings. The highest BCUT2D eigenvalue weighted by atomic mass is 32.2. The molecule has 0 saturated heterocycles. The van der Waals surface area contributed by atoms with Gasteiger partial charge in [-0.1, -0.05) is 19.8 Å². The van der Waals surface area contributed by atoms with E-state index < -0.39 is 16.1 Å². The fourth-order valence-corrected chi connectivity index (χ4v) is 4.71. The van der Waals surface area contributed by atoms with E-state index in [9.17, 15) is 13.2 Å². The lowest BCUT2D eigenvalue weighted by Crippen LogP contribution is -2.39. The van der Waals surface area contributed by atoms with E-state index >= 15 is 0 Å². The molecular formula is C19H30N2O4S2. The normalized spacial score (nSPS) is 16.1. The summed E-state index contributed by atoms with van der Waals surface area (Å²) in [6.45, 7) is 2.56. The van der Waals surface area contributed by atoms with Gasteiger partial charge in [-0.15, -0.1) is 0 Å². The number of sulfonamides is 1. The van der Waals surface area contributed by atoms with Crippen molar-refractivity contribution in [1.82, 2.24) is 5.32 Å². The molecule has 0 bridgehead atoms. The van der Waals surface area contributed by atoms with E-state index in [1.54, 1.807) is 24.3 Å². The highest BCUT2D eigenvalue weighted by Gasteiger charge is 2.19. The molecule has 0 unspecified atom stereocenters. The standard InChI is InChI=1S/C19H30N2O4S2/c1-4-18(19(22)20-13-14-26-17-7-5-6-8-17)25-16-11-9-15(10-12-16)21(2)27(3,23)24/h9-12,17-18H,4-8,13-14H2,1-3H3,(H,20,22)/t18-/m0/s1. The van der Waals surface area contributed by atoms with Gasteiger partial charge in [-0.05, 0) is 43.5 Å². The van der Waals surface area contributed by atoms with Crippen LogP contribution in [0.5, 0.6) is 5.75 Å². The summed E-state index contributed by atoms with van der Waals surface area (Å²) in [4.78, 5) is 12.3. The van der Waals surface area contributed by atoms with E-state index in [1.807, 2.05) is 18.7 Å². The number of thioether (sulfide) groups is 1. The van der Waals surface area contributed by atoms with Crippen molar-refractivity contribution in [1.29, 1.82) is 0 Å². The number of benzene rings is 1. The number of amides is 1. The maximum atomic E-state index is 12.3. The highest BCUT2D eigenvalue weighted by molar-refractivity contribution is 7.99. The van der Waals surface area contributed by atoms with Crippen molar-refractivity contribution in [2.45, 2.75) is 50.4 Å².